The van der Waals surface area contributed by atoms with Gasteiger partial charge in [-0.1, -0.05) is 12.2 Å². The van der Waals surface area contributed by atoms with Crippen molar-refractivity contribution in [1.29, 1.82) is 0 Å². The predicted octanol–water partition coefficient (Wildman–Crippen LogP) is 0.954. The van der Waals surface area contributed by atoms with E-state index in [1.807, 2.05) is 0 Å². The lowest BCUT2D eigenvalue weighted by Crippen LogP contribution is -2.01. The van der Waals surface area contributed by atoms with E-state index in [-0.39, 0.29) is 5.57 Å². The normalized spacial score (nSPS) is 14.2. The average Bonchev–Trinajstić information content (AvgIpc) is 1.99. The molecule has 0 aliphatic heterocycles. The topological polar surface area (TPSA) is 57.5 Å². The van der Waals surface area contributed by atoms with E-state index in [0.717, 1.165) is 0 Å². The van der Waals surface area contributed by atoms with Gasteiger partial charge in [0.15, 0.2) is 0 Å². The number of aliphatic carboxylic acids is 1. The van der Waals surface area contributed by atoms with Crippen LogP contribution in [0.1, 0.15) is 13.3 Å². The number of carboxylic acid groups (broad SMARTS) is 1. The minimum absolute atomic E-state index is 0.242. The van der Waals surface area contributed by atoms with Crippen molar-refractivity contribution in [3.05, 3.63) is 24.3 Å². The van der Waals surface area contributed by atoms with E-state index < -0.39 is 12.1 Å². The van der Waals surface area contributed by atoms with E-state index in [2.05, 4.69) is 6.58 Å². The van der Waals surface area contributed by atoms with Crippen LogP contribution in [0.3, 0.4) is 0 Å². The van der Waals surface area contributed by atoms with Crippen LogP contribution in [0.5, 0.6) is 0 Å². The summed E-state index contributed by atoms with van der Waals surface area (Å²) in [5.74, 6) is -0.957. The van der Waals surface area contributed by atoms with E-state index in [9.17, 15) is 4.79 Å². The van der Waals surface area contributed by atoms with Crippen LogP contribution in [-0.2, 0) is 4.79 Å². The zero-order valence-electron chi connectivity index (χ0n) is 6.45. The van der Waals surface area contributed by atoms with Crippen molar-refractivity contribution in [2.75, 3.05) is 0 Å². The molecule has 3 nitrogen and oxygen atoms in total. The van der Waals surface area contributed by atoms with Gasteiger partial charge in [0, 0.05) is 5.57 Å². The Hall–Kier alpha value is -1.09. The molecular weight excluding hydrogens is 144 g/mol. The molecule has 0 rings (SSSR count). The summed E-state index contributed by atoms with van der Waals surface area (Å²) >= 11 is 0. The van der Waals surface area contributed by atoms with Gasteiger partial charge in [-0.05, 0) is 13.3 Å². The molecule has 0 aromatic heterocycles. The minimum Gasteiger partial charge on any atom is -0.478 e. The molecule has 0 heterocycles. The SMILES string of the molecule is C=CC(O)CC=C(C)C(=O)O. The molecule has 0 amide bonds. The maximum Gasteiger partial charge on any atom is 0.330 e. The molecule has 0 fully saturated rings. The number of aliphatic hydroxyl groups is 1. The van der Waals surface area contributed by atoms with Crippen molar-refractivity contribution >= 4 is 5.97 Å². The van der Waals surface area contributed by atoms with E-state index in [0.29, 0.717) is 6.42 Å². The van der Waals surface area contributed by atoms with Crippen LogP contribution >= 0.6 is 0 Å². The van der Waals surface area contributed by atoms with Gasteiger partial charge in [0.1, 0.15) is 0 Å². The number of hydrogen-bond donors (Lipinski definition) is 2. The Kier molecular flexibility index (Phi) is 4.22. The smallest absolute Gasteiger partial charge is 0.330 e. The lowest BCUT2D eigenvalue weighted by atomic mass is 10.2. The Balaban J connectivity index is 3.91. The first-order chi connectivity index (χ1) is 5.07. The lowest BCUT2D eigenvalue weighted by molar-refractivity contribution is -0.132. The summed E-state index contributed by atoms with van der Waals surface area (Å²) in [7, 11) is 0. The molecule has 62 valence electrons. The first-order valence-electron chi connectivity index (χ1n) is 3.28. The molecule has 0 spiro atoms. The van der Waals surface area contributed by atoms with Crippen molar-refractivity contribution in [2.45, 2.75) is 19.4 Å². The van der Waals surface area contributed by atoms with E-state index >= 15 is 0 Å². The van der Waals surface area contributed by atoms with Gasteiger partial charge >= 0.3 is 5.97 Å². The molecule has 0 radical (unpaired) electrons. The van der Waals surface area contributed by atoms with Crippen LogP contribution in [-0.4, -0.2) is 22.3 Å². The predicted molar refractivity (Wildman–Crippen MR) is 42.2 cm³/mol. The van der Waals surface area contributed by atoms with Gasteiger partial charge in [0.25, 0.3) is 0 Å². The standard InChI is InChI=1S/C8H12O3/c1-3-7(9)5-4-6(2)8(10)11/h3-4,7,9H,1,5H2,2H3,(H,10,11). The lowest BCUT2D eigenvalue weighted by Gasteiger charge is -1.99. The van der Waals surface area contributed by atoms with Crippen LogP contribution in [0.4, 0.5) is 0 Å². The highest BCUT2D eigenvalue weighted by Gasteiger charge is 2.00. The number of rotatable bonds is 4. The van der Waals surface area contributed by atoms with Gasteiger partial charge in [0.05, 0.1) is 6.10 Å². The molecule has 0 aliphatic carbocycles. The maximum absolute atomic E-state index is 10.2. The maximum atomic E-state index is 10.2. The molecule has 3 heteroatoms. The van der Waals surface area contributed by atoms with Crippen molar-refractivity contribution in [3.8, 4) is 0 Å². The van der Waals surface area contributed by atoms with Crippen molar-refractivity contribution < 1.29 is 15.0 Å². The first-order valence-corrected chi connectivity index (χ1v) is 3.28. The fourth-order valence-corrected chi connectivity index (χ4v) is 0.481. The highest BCUT2D eigenvalue weighted by atomic mass is 16.4. The zero-order chi connectivity index (χ0) is 8.85. The summed E-state index contributed by atoms with van der Waals surface area (Å²) in [5.41, 5.74) is 0.242. The highest BCUT2D eigenvalue weighted by molar-refractivity contribution is 5.85. The number of hydrogen-bond acceptors (Lipinski definition) is 2. The van der Waals surface area contributed by atoms with Crippen LogP contribution < -0.4 is 0 Å². The Morgan fingerprint density at radius 3 is 2.64 bits per heavy atom. The number of carboxylic acids is 1. The molecular formula is C8H12O3. The molecule has 1 atom stereocenters. The van der Waals surface area contributed by atoms with Crippen molar-refractivity contribution in [1.82, 2.24) is 0 Å². The molecule has 0 aliphatic rings. The molecule has 2 N–H and O–H groups in total. The van der Waals surface area contributed by atoms with Crippen LogP contribution in [0, 0.1) is 0 Å². The summed E-state index contributed by atoms with van der Waals surface area (Å²) in [5, 5.41) is 17.3. The molecule has 0 saturated heterocycles. The molecule has 11 heavy (non-hydrogen) atoms. The second kappa shape index (κ2) is 4.68. The second-order valence-corrected chi connectivity index (χ2v) is 2.23. The summed E-state index contributed by atoms with van der Waals surface area (Å²) in [6.45, 7) is 4.84. The Morgan fingerprint density at radius 2 is 2.27 bits per heavy atom. The van der Waals surface area contributed by atoms with Crippen molar-refractivity contribution in [3.63, 3.8) is 0 Å². The van der Waals surface area contributed by atoms with Gasteiger partial charge in [-0.15, -0.1) is 6.58 Å². The fraction of sp³-hybridized carbons (Fsp3) is 0.375. The quantitative estimate of drug-likeness (QED) is 0.470. The third-order valence-electron chi connectivity index (χ3n) is 1.27. The third-order valence-corrected chi connectivity index (χ3v) is 1.27. The molecule has 0 aromatic carbocycles. The van der Waals surface area contributed by atoms with E-state index in [1.54, 1.807) is 0 Å². The van der Waals surface area contributed by atoms with Crippen LogP contribution in [0.15, 0.2) is 24.3 Å². The van der Waals surface area contributed by atoms with Gasteiger partial charge in [-0.2, -0.15) is 0 Å². The molecule has 0 bridgehead atoms. The monoisotopic (exact) mass is 156 g/mol. The Labute approximate surface area is 65.7 Å². The molecule has 0 aromatic rings. The van der Waals surface area contributed by atoms with Gasteiger partial charge < -0.3 is 10.2 Å². The van der Waals surface area contributed by atoms with E-state index in [4.69, 9.17) is 10.2 Å². The molecule has 1 unspecified atom stereocenters. The zero-order valence-corrected chi connectivity index (χ0v) is 6.45. The Morgan fingerprint density at radius 1 is 1.73 bits per heavy atom. The first kappa shape index (κ1) is 9.91. The highest BCUT2D eigenvalue weighted by Crippen LogP contribution is 1.99. The van der Waals surface area contributed by atoms with Crippen molar-refractivity contribution in [2.24, 2.45) is 0 Å². The van der Waals surface area contributed by atoms with Gasteiger partial charge in [0.2, 0.25) is 0 Å². The molecule has 0 saturated carbocycles. The summed E-state index contributed by atoms with van der Waals surface area (Å²) < 4.78 is 0. The van der Waals surface area contributed by atoms with Crippen LogP contribution in [0.2, 0.25) is 0 Å². The number of carbonyl (C=O) groups is 1. The minimum atomic E-state index is -0.957. The van der Waals surface area contributed by atoms with E-state index in [1.165, 1.54) is 19.1 Å². The van der Waals surface area contributed by atoms with Gasteiger partial charge in [-0.3, -0.25) is 0 Å². The largest absolute Gasteiger partial charge is 0.478 e. The van der Waals surface area contributed by atoms with Crippen LogP contribution in [0.25, 0.3) is 0 Å². The Bertz CT molecular complexity index is 182. The third kappa shape index (κ3) is 4.33. The average molecular weight is 156 g/mol. The number of aliphatic hydroxyl groups excluding tert-OH is 1. The second-order valence-electron chi connectivity index (χ2n) is 2.23. The fourth-order valence-electron chi connectivity index (χ4n) is 0.481. The summed E-state index contributed by atoms with van der Waals surface area (Å²) in [6.07, 6.45) is 2.49. The summed E-state index contributed by atoms with van der Waals surface area (Å²) in [6, 6.07) is 0. The van der Waals surface area contributed by atoms with Gasteiger partial charge in [-0.25, -0.2) is 4.79 Å². The summed E-state index contributed by atoms with van der Waals surface area (Å²) in [4.78, 5) is 10.2.